The Labute approximate surface area is 113 Å². The zero-order chi connectivity index (χ0) is 13.2. The molecule has 1 rings (SSSR count). The lowest BCUT2D eigenvalue weighted by atomic mass is 10.2. The summed E-state index contributed by atoms with van der Waals surface area (Å²) in [4.78, 5) is 12.1. The van der Waals surface area contributed by atoms with Gasteiger partial charge in [0.25, 0.3) is 0 Å². The molecular formula is C14H20O3S. The summed E-state index contributed by atoms with van der Waals surface area (Å²) in [5.74, 6) is 0.768. The Balaban J connectivity index is 2.08. The molecule has 18 heavy (non-hydrogen) atoms. The van der Waals surface area contributed by atoms with Gasteiger partial charge < -0.3 is 9.47 Å². The first-order valence-corrected chi connectivity index (χ1v) is 7.32. The molecule has 0 unspecified atom stereocenters. The van der Waals surface area contributed by atoms with E-state index < -0.39 is 0 Å². The van der Waals surface area contributed by atoms with Gasteiger partial charge in [0.15, 0.2) is 0 Å². The third kappa shape index (κ3) is 5.96. The number of methoxy groups -OCH3 is 1. The van der Waals surface area contributed by atoms with Gasteiger partial charge in [0.05, 0.1) is 13.7 Å². The van der Waals surface area contributed by atoms with E-state index in [9.17, 15) is 4.79 Å². The molecule has 3 nitrogen and oxygen atoms in total. The van der Waals surface area contributed by atoms with Gasteiger partial charge in [-0.15, -0.1) is 11.8 Å². The van der Waals surface area contributed by atoms with E-state index in [1.54, 1.807) is 11.8 Å². The van der Waals surface area contributed by atoms with Crippen LogP contribution in [0.15, 0.2) is 29.2 Å². The number of rotatable bonds is 8. The first-order chi connectivity index (χ1) is 8.76. The van der Waals surface area contributed by atoms with Crippen LogP contribution in [0.3, 0.4) is 0 Å². The van der Waals surface area contributed by atoms with E-state index in [1.165, 1.54) is 12.0 Å². The Hall–Kier alpha value is -1.16. The van der Waals surface area contributed by atoms with E-state index in [-0.39, 0.29) is 5.97 Å². The minimum absolute atomic E-state index is 0.136. The molecule has 0 radical (unpaired) electrons. The number of ether oxygens (including phenoxy) is 2. The fraction of sp³-hybridized carbons (Fsp3) is 0.500. The highest BCUT2D eigenvalue weighted by atomic mass is 32.2. The molecule has 0 aliphatic heterocycles. The van der Waals surface area contributed by atoms with Gasteiger partial charge in [0.1, 0.15) is 5.75 Å². The molecular weight excluding hydrogens is 248 g/mol. The molecule has 0 bridgehead atoms. The second-order valence-corrected chi connectivity index (χ2v) is 4.79. The zero-order valence-corrected chi connectivity index (χ0v) is 11.8. The maximum atomic E-state index is 10.9. The summed E-state index contributed by atoms with van der Waals surface area (Å²) in [6.07, 6.45) is 5.36. The second-order valence-electron chi connectivity index (χ2n) is 3.91. The molecule has 0 saturated heterocycles. The first-order valence-electron chi connectivity index (χ1n) is 6.10. The summed E-state index contributed by atoms with van der Waals surface area (Å²) in [5.41, 5.74) is 0. The van der Waals surface area contributed by atoms with Crippen LogP contribution in [0.4, 0.5) is 0 Å². The van der Waals surface area contributed by atoms with Crippen molar-refractivity contribution in [1.82, 2.24) is 0 Å². The number of thioether (sulfide) groups is 1. The molecule has 1 aromatic rings. The van der Waals surface area contributed by atoms with Gasteiger partial charge in [0, 0.05) is 11.3 Å². The van der Waals surface area contributed by atoms with Gasteiger partial charge in [-0.1, -0.05) is 0 Å². The summed E-state index contributed by atoms with van der Waals surface area (Å²) in [6.45, 7) is 0.694. The van der Waals surface area contributed by atoms with Crippen molar-refractivity contribution in [3.63, 3.8) is 0 Å². The zero-order valence-electron chi connectivity index (χ0n) is 11.0. The third-order valence-electron chi connectivity index (χ3n) is 2.58. The molecule has 0 aromatic heterocycles. The van der Waals surface area contributed by atoms with Crippen molar-refractivity contribution in [3.8, 4) is 5.75 Å². The highest BCUT2D eigenvalue weighted by Crippen LogP contribution is 2.19. The Morgan fingerprint density at radius 1 is 1.17 bits per heavy atom. The molecule has 0 fully saturated rings. The number of carbonyl (C=O) groups excluding carboxylic acids is 1. The lowest BCUT2D eigenvalue weighted by Gasteiger charge is -2.06. The summed E-state index contributed by atoms with van der Waals surface area (Å²) in [6, 6.07) is 8.08. The summed E-state index contributed by atoms with van der Waals surface area (Å²) in [7, 11) is 1.42. The Kier molecular flexibility index (Phi) is 7.34. The molecule has 100 valence electrons. The lowest BCUT2D eigenvalue weighted by Crippen LogP contribution is -2.01. The van der Waals surface area contributed by atoms with Crippen molar-refractivity contribution in [2.75, 3.05) is 20.0 Å². The van der Waals surface area contributed by atoms with E-state index >= 15 is 0 Å². The van der Waals surface area contributed by atoms with Crippen LogP contribution >= 0.6 is 11.8 Å². The third-order valence-corrected chi connectivity index (χ3v) is 3.32. The summed E-state index contributed by atoms with van der Waals surface area (Å²) >= 11 is 1.72. The molecule has 0 amide bonds. The number of carbonyl (C=O) groups is 1. The number of esters is 1. The van der Waals surface area contributed by atoms with Crippen LogP contribution in [0, 0.1) is 0 Å². The van der Waals surface area contributed by atoms with E-state index in [0.717, 1.165) is 25.0 Å². The second kappa shape index (κ2) is 8.86. The summed E-state index contributed by atoms with van der Waals surface area (Å²) < 4.78 is 10.2. The van der Waals surface area contributed by atoms with Gasteiger partial charge in [0.2, 0.25) is 0 Å². The maximum absolute atomic E-state index is 10.9. The van der Waals surface area contributed by atoms with Crippen molar-refractivity contribution in [1.29, 1.82) is 0 Å². The number of benzene rings is 1. The molecule has 4 heteroatoms. The molecule has 1 aromatic carbocycles. The number of hydrogen-bond donors (Lipinski definition) is 0. The van der Waals surface area contributed by atoms with E-state index in [2.05, 4.69) is 23.1 Å². The fourth-order valence-electron chi connectivity index (χ4n) is 1.51. The van der Waals surface area contributed by atoms with Crippen LogP contribution in [-0.4, -0.2) is 25.9 Å². The largest absolute Gasteiger partial charge is 0.494 e. The van der Waals surface area contributed by atoms with Crippen molar-refractivity contribution in [2.24, 2.45) is 0 Å². The SMILES string of the molecule is COC(=O)CCCCCOc1ccc(SC)cc1. The average Bonchev–Trinajstić information content (AvgIpc) is 2.43. The summed E-state index contributed by atoms with van der Waals surface area (Å²) in [5, 5.41) is 0. The monoisotopic (exact) mass is 268 g/mol. The van der Waals surface area contributed by atoms with E-state index in [1.807, 2.05) is 12.1 Å². The topological polar surface area (TPSA) is 35.5 Å². The molecule has 0 spiro atoms. The standard InChI is InChI=1S/C14H20O3S/c1-16-14(15)6-4-3-5-11-17-12-7-9-13(18-2)10-8-12/h7-10H,3-6,11H2,1-2H3. The Bertz CT molecular complexity index is 349. The van der Waals surface area contributed by atoms with Crippen LogP contribution in [0.1, 0.15) is 25.7 Å². The van der Waals surface area contributed by atoms with E-state index in [0.29, 0.717) is 13.0 Å². The Morgan fingerprint density at radius 2 is 1.89 bits per heavy atom. The van der Waals surface area contributed by atoms with Gasteiger partial charge in [-0.2, -0.15) is 0 Å². The molecule has 0 aliphatic rings. The van der Waals surface area contributed by atoms with Crippen molar-refractivity contribution >= 4 is 17.7 Å². The first kappa shape index (κ1) is 14.9. The minimum Gasteiger partial charge on any atom is -0.494 e. The molecule has 0 N–H and O–H groups in total. The van der Waals surface area contributed by atoms with Crippen molar-refractivity contribution < 1.29 is 14.3 Å². The lowest BCUT2D eigenvalue weighted by molar-refractivity contribution is -0.140. The van der Waals surface area contributed by atoms with Gasteiger partial charge in [-0.25, -0.2) is 0 Å². The maximum Gasteiger partial charge on any atom is 0.305 e. The highest BCUT2D eigenvalue weighted by molar-refractivity contribution is 7.98. The van der Waals surface area contributed by atoms with Crippen molar-refractivity contribution in [2.45, 2.75) is 30.6 Å². The van der Waals surface area contributed by atoms with Crippen molar-refractivity contribution in [3.05, 3.63) is 24.3 Å². The van der Waals surface area contributed by atoms with Gasteiger partial charge in [-0.05, 0) is 49.8 Å². The van der Waals surface area contributed by atoms with Crippen LogP contribution in [0.25, 0.3) is 0 Å². The Morgan fingerprint density at radius 3 is 2.50 bits per heavy atom. The predicted octanol–water partition coefficient (Wildman–Crippen LogP) is 3.52. The van der Waals surface area contributed by atoms with Crippen LogP contribution in [0.2, 0.25) is 0 Å². The molecule has 0 saturated carbocycles. The van der Waals surface area contributed by atoms with Crippen LogP contribution in [0.5, 0.6) is 5.75 Å². The normalized spacial score (nSPS) is 10.1. The van der Waals surface area contributed by atoms with Crippen LogP contribution in [-0.2, 0) is 9.53 Å². The minimum atomic E-state index is -0.136. The van der Waals surface area contributed by atoms with E-state index in [4.69, 9.17) is 4.74 Å². The number of unbranched alkanes of at least 4 members (excludes halogenated alkanes) is 2. The molecule has 0 aliphatic carbocycles. The smallest absolute Gasteiger partial charge is 0.305 e. The number of hydrogen-bond acceptors (Lipinski definition) is 4. The van der Waals surface area contributed by atoms with Gasteiger partial charge in [-0.3, -0.25) is 4.79 Å². The van der Waals surface area contributed by atoms with Gasteiger partial charge >= 0.3 is 5.97 Å². The molecule has 0 atom stereocenters. The quantitative estimate of drug-likeness (QED) is 0.410. The van der Waals surface area contributed by atoms with Crippen LogP contribution < -0.4 is 4.74 Å². The predicted molar refractivity (Wildman–Crippen MR) is 74.2 cm³/mol. The highest BCUT2D eigenvalue weighted by Gasteiger charge is 1.99. The molecule has 0 heterocycles. The average molecular weight is 268 g/mol. The fourth-order valence-corrected chi connectivity index (χ4v) is 1.92.